The first-order valence-corrected chi connectivity index (χ1v) is 6.51. The van der Waals surface area contributed by atoms with E-state index >= 15 is 0 Å². The molecule has 1 aromatic heterocycles. The van der Waals surface area contributed by atoms with Crippen molar-refractivity contribution in [1.82, 2.24) is 10.3 Å². The van der Waals surface area contributed by atoms with E-state index in [1.54, 1.807) is 11.3 Å². The van der Waals surface area contributed by atoms with Gasteiger partial charge in [-0.05, 0) is 19.8 Å². The van der Waals surface area contributed by atoms with Crippen molar-refractivity contribution in [2.45, 2.75) is 25.8 Å². The van der Waals surface area contributed by atoms with Gasteiger partial charge in [0, 0.05) is 24.5 Å². The van der Waals surface area contributed by atoms with Crippen molar-refractivity contribution >= 4 is 16.5 Å². The van der Waals surface area contributed by atoms with Crippen LogP contribution in [0.4, 0.5) is 5.13 Å². The molecule has 16 heavy (non-hydrogen) atoms. The number of aromatic nitrogens is 1. The minimum Gasteiger partial charge on any atom is -0.348 e. The van der Waals surface area contributed by atoms with E-state index in [1.807, 2.05) is 6.92 Å². The minimum atomic E-state index is 0.577. The highest BCUT2D eigenvalue weighted by atomic mass is 32.1. The number of hydrogen-bond acceptors (Lipinski definition) is 4. The van der Waals surface area contributed by atoms with Crippen molar-refractivity contribution in [3.8, 4) is 12.3 Å². The van der Waals surface area contributed by atoms with Crippen molar-refractivity contribution in [3.05, 3.63) is 11.1 Å². The van der Waals surface area contributed by atoms with Crippen LogP contribution in [0, 0.1) is 19.3 Å². The molecule has 0 amide bonds. The fourth-order valence-corrected chi connectivity index (χ4v) is 2.82. The van der Waals surface area contributed by atoms with Crippen LogP contribution in [0.5, 0.6) is 0 Å². The molecule has 1 aromatic rings. The lowest BCUT2D eigenvalue weighted by Gasteiger charge is -2.31. The first-order valence-electron chi connectivity index (χ1n) is 5.63. The highest BCUT2D eigenvalue weighted by molar-refractivity contribution is 7.13. The van der Waals surface area contributed by atoms with E-state index in [2.05, 4.69) is 26.5 Å². The number of terminal acetylenes is 1. The van der Waals surface area contributed by atoms with Crippen molar-refractivity contribution in [2.75, 3.05) is 24.5 Å². The predicted octanol–water partition coefficient (Wildman–Crippen LogP) is 1.64. The largest absolute Gasteiger partial charge is 0.348 e. The molecule has 0 spiro atoms. The van der Waals surface area contributed by atoms with Crippen LogP contribution in [0.3, 0.4) is 0 Å². The summed E-state index contributed by atoms with van der Waals surface area (Å²) in [6.07, 6.45) is 7.54. The third kappa shape index (κ3) is 2.75. The van der Waals surface area contributed by atoms with Gasteiger partial charge in [-0.1, -0.05) is 5.92 Å². The number of rotatable bonds is 3. The van der Waals surface area contributed by atoms with Gasteiger partial charge in [0.15, 0.2) is 5.13 Å². The summed E-state index contributed by atoms with van der Waals surface area (Å²) in [5.41, 5.74) is 1.12. The maximum atomic E-state index is 5.24. The fraction of sp³-hybridized carbons (Fsp3) is 0.583. The second-order valence-electron chi connectivity index (χ2n) is 4.12. The summed E-state index contributed by atoms with van der Waals surface area (Å²) in [6, 6.07) is 0.577. The lowest BCUT2D eigenvalue weighted by molar-refractivity contribution is 0.432. The smallest absolute Gasteiger partial charge is 0.185 e. The molecule has 2 rings (SSSR count). The van der Waals surface area contributed by atoms with Crippen molar-refractivity contribution < 1.29 is 0 Å². The number of hydrogen-bond donors (Lipinski definition) is 1. The normalized spacial score (nSPS) is 17.4. The predicted molar refractivity (Wildman–Crippen MR) is 68.9 cm³/mol. The summed E-state index contributed by atoms with van der Waals surface area (Å²) in [5, 5.41) is 6.64. The van der Waals surface area contributed by atoms with Gasteiger partial charge in [0.2, 0.25) is 0 Å². The molecular weight excluding hydrogens is 218 g/mol. The Hall–Kier alpha value is -1.05. The zero-order valence-corrected chi connectivity index (χ0v) is 10.4. The van der Waals surface area contributed by atoms with Gasteiger partial charge >= 0.3 is 0 Å². The highest BCUT2D eigenvalue weighted by Crippen LogP contribution is 2.23. The van der Waals surface area contributed by atoms with E-state index in [-0.39, 0.29) is 0 Å². The number of anilines is 1. The summed E-state index contributed by atoms with van der Waals surface area (Å²) in [4.78, 5) is 6.88. The van der Waals surface area contributed by atoms with Crippen LogP contribution in [0.15, 0.2) is 5.38 Å². The van der Waals surface area contributed by atoms with Crippen molar-refractivity contribution in [1.29, 1.82) is 0 Å². The van der Waals surface area contributed by atoms with Crippen LogP contribution in [-0.4, -0.2) is 30.7 Å². The van der Waals surface area contributed by atoms with Crippen LogP contribution in [-0.2, 0) is 0 Å². The monoisotopic (exact) mass is 235 g/mol. The molecule has 0 unspecified atom stereocenters. The maximum absolute atomic E-state index is 5.24. The molecule has 1 aliphatic rings. The standard InChI is InChI=1S/C12H17N3S/c1-3-6-13-11-4-7-15(8-5-11)12-14-10(2)9-16-12/h1,9,11,13H,4-8H2,2H3. The maximum Gasteiger partial charge on any atom is 0.185 e. The molecule has 1 fully saturated rings. The summed E-state index contributed by atoms with van der Waals surface area (Å²) < 4.78 is 0. The quantitative estimate of drug-likeness (QED) is 0.807. The average molecular weight is 235 g/mol. The Labute approximate surface area is 101 Å². The Kier molecular flexibility index (Phi) is 3.81. The van der Waals surface area contributed by atoms with Crippen molar-refractivity contribution in [3.63, 3.8) is 0 Å². The first-order chi connectivity index (χ1) is 7.79. The van der Waals surface area contributed by atoms with E-state index in [9.17, 15) is 0 Å². The number of nitrogens with one attached hydrogen (secondary N) is 1. The third-order valence-electron chi connectivity index (χ3n) is 2.87. The van der Waals surface area contributed by atoms with Gasteiger partial charge in [-0.3, -0.25) is 0 Å². The number of aryl methyl sites for hydroxylation is 1. The molecular formula is C12H17N3S. The Morgan fingerprint density at radius 2 is 2.38 bits per heavy atom. The van der Waals surface area contributed by atoms with Crippen LogP contribution >= 0.6 is 11.3 Å². The minimum absolute atomic E-state index is 0.577. The van der Waals surface area contributed by atoms with E-state index in [0.29, 0.717) is 12.6 Å². The molecule has 0 aliphatic carbocycles. The molecule has 1 N–H and O–H groups in total. The lowest BCUT2D eigenvalue weighted by Crippen LogP contribution is -2.42. The third-order valence-corrected chi connectivity index (χ3v) is 3.88. The molecule has 1 aliphatic heterocycles. The van der Waals surface area contributed by atoms with E-state index in [4.69, 9.17) is 6.42 Å². The first kappa shape index (κ1) is 11.4. The van der Waals surface area contributed by atoms with Gasteiger partial charge in [0.1, 0.15) is 0 Å². The topological polar surface area (TPSA) is 28.2 Å². The second kappa shape index (κ2) is 5.33. The molecule has 0 aromatic carbocycles. The van der Waals surface area contributed by atoms with E-state index in [0.717, 1.165) is 36.8 Å². The van der Waals surface area contributed by atoms with Gasteiger partial charge in [0.25, 0.3) is 0 Å². The van der Waals surface area contributed by atoms with Crippen molar-refractivity contribution in [2.24, 2.45) is 0 Å². The van der Waals surface area contributed by atoms with Gasteiger partial charge in [0.05, 0.1) is 12.2 Å². The molecule has 3 nitrogen and oxygen atoms in total. The second-order valence-corrected chi connectivity index (χ2v) is 4.95. The Morgan fingerprint density at radius 3 is 2.94 bits per heavy atom. The summed E-state index contributed by atoms with van der Waals surface area (Å²) in [7, 11) is 0. The van der Waals surface area contributed by atoms with Gasteiger partial charge in [-0.25, -0.2) is 4.98 Å². The number of piperidine rings is 1. The molecule has 4 heteroatoms. The number of thiazole rings is 1. The lowest BCUT2D eigenvalue weighted by atomic mass is 10.1. The molecule has 0 saturated carbocycles. The fourth-order valence-electron chi connectivity index (χ4n) is 1.96. The summed E-state index contributed by atoms with van der Waals surface area (Å²) in [5.74, 6) is 2.63. The Morgan fingerprint density at radius 1 is 1.62 bits per heavy atom. The average Bonchev–Trinajstić information content (AvgIpc) is 2.74. The van der Waals surface area contributed by atoms with Gasteiger partial charge < -0.3 is 10.2 Å². The van der Waals surface area contributed by atoms with Crippen LogP contribution < -0.4 is 10.2 Å². The van der Waals surface area contributed by atoms with Crippen LogP contribution in [0.1, 0.15) is 18.5 Å². The van der Waals surface area contributed by atoms with Gasteiger partial charge in [-0.15, -0.1) is 17.8 Å². The SMILES string of the molecule is C#CCNC1CCN(c2nc(C)cs2)CC1. The zero-order valence-electron chi connectivity index (χ0n) is 9.57. The van der Waals surface area contributed by atoms with Gasteiger partial charge in [-0.2, -0.15) is 0 Å². The number of nitrogens with zero attached hydrogens (tertiary/aromatic N) is 2. The summed E-state index contributed by atoms with van der Waals surface area (Å²) >= 11 is 1.74. The van der Waals surface area contributed by atoms with E-state index in [1.165, 1.54) is 0 Å². The molecule has 2 heterocycles. The zero-order chi connectivity index (χ0) is 11.4. The van der Waals surface area contributed by atoms with Crippen LogP contribution in [0.25, 0.3) is 0 Å². The Balaban J connectivity index is 1.83. The van der Waals surface area contributed by atoms with Crippen LogP contribution in [0.2, 0.25) is 0 Å². The molecule has 0 atom stereocenters. The molecule has 1 saturated heterocycles. The molecule has 0 radical (unpaired) electrons. The Bertz CT molecular complexity index is 372. The highest BCUT2D eigenvalue weighted by Gasteiger charge is 2.20. The summed E-state index contributed by atoms with van der Waals surface area (Å²) in [6.45, 7) is 4.88. The molecule has 0 bridgehead atoms. The van der Waals surface area contributed by atoms with E-state index < -0.39 is 0 Å². The molecule has 86 valence electrons.